The van der Waals surface area contributed by atoms with Crippen molar-refractivity contribution in [2.75, 3.05) is 19.8 Å². The van der Waals surface area contributed by atoms with Crippen molar-refractivity contribution in [1.82, 2.24) is 0 Å². The summed E-state index contributed by atoms with van der Waals surface area (Å²) in [6.45, 7) is 4.53. The minimum absolute atomic E-state index is 0.346. The molecule has 3 heteroatoms. The number of ether oxygens (including phenoxy) is 2. The summed E-state index contributed by atoms with van der Waals surface area (Å²) < 4.78 is 12.7. The lowest BCUT2D eigenvalue weighted by atomic mass is 9.80. The zero-order valence-electron chi connectivity index (χ0n) is 11.2. The van der Waals surface area contributed by atoms with Crippen LogP contribution in [-0.2, 0) is 9.47 Å². The molecule has 1 aromatic rings. The van der Waals surface area contributed by atoms with Gasteiger partial charge in [0.1, 0.15) is 0 Å². The quantitative estimate of drug-likeness (QED) is 0.835. The van der Waals surface area contributed by atoms with E-state index in [1.807, 2.05) is 0 Å². The molecule has 1 saturated heterocycles. The average Bonchev–Trinajstić information content (AvgIpc) is 2.87. The van der Waals surface area contributed by atoms with Gasteiger partial charge < -0.3 is 9.47 Å². The van der Waals surface area contributed by atoms with Crippen LogP contribution in [0.25, 0.3) is 5.57 Å². The van der Waals surface area contributed by atoms with Gasteiger partial charge in [-0.25, -0.2) is 0 Å². The van der Waals surface area contributed by atoms with Crippen molar-refractivity contribution in [3.05, 3.63) is 39.9 Å². The van der Waals surface area contributed by atoms with E-state index in [1.165, 1.54) is 16.7 Å². The second-order valence-corrected chi connectivity index (χ2v) is 6.16. The zero-order chi connectivity index (χ0) is 13.2. The van der Waals surface area contributed by atoms with Gasteiger partial charge >= 0.3 is 0 Å². The lowest BCUT2D eigenvalue weighted by Crippen LogP contribution is -2.24. The Kier molecular flexibility index (Phi) is 4.06. The molecule has 1 aromatic carbocycles. The average molecular weight is 323 g/mol. The monoisotopic (exact) mass is 322 g/mol. The molecule has 0 amide bonds. The number of halogens is 1. The summed E-state index contributed by atoms with van der Waals surface area (Å²) in [4.78, 5) is 0. The maximum atomic E-state index is 5.87. The van der Waals surface area contributed by atoms with E-state index in [0.717, 1.165) is 37.1 Å². The fourth-order valence-corrected chi connectivity index (χ4v) is 3.41. The van der Waals surface area contributed by atoms with Crippen molar-refractivity contribution in [2.24, 2.45) is 5.92 Å². The number of benzene rings is 1. The van der Waals surface area contributed by atoms with Crippen LogP contribution in [0.4, 0.5) is 0 Å². The number of fused-ring (bicyclic) bond motifs is 1. The van der Waals surface area contributed by atoms with Crippen LogP contribution in [-0.4, -0.2) is 25.9 Å². The Bertz CT molecular complexity index is 478. The molecule has 1 fully saturated rings. The SMILES string of the molecule is CCOC1CC(c2ccc(Br)cc2)=C2COCC2C1. The van der Waals surface area contributed by atoms with Gasteiger partial charge in [0.05, 0.1) is 19.3 Å². The fraction of sp³-hybridized carbons (Fsp3) is 0.500. The van der Waals surface area contributed by atoms with Gasteiger partial charge in [0.25, 0.3) is 0 Å². The van der Waals surface area contributed by atoms with Crippen LogP contribution in [0.5, 0.6) is 0 Å². The standard InChI is InChI=1S/C16H19BrO2/c1-2-19-14-7-12-9-18-10-16(12)15(8-14)11-3-5-13(17)6-4-11/h3-6,12,14H,2,7-10H2,1H3. The maximum Gasteiger partial charge on any atom is 0.0686 e. The van der Waals surface area contributed by atoms with Gasteiger partial charge in [-0.15, -0.1) is 0 Å². The van der Waals surface area contributed by atoms with Crippen molar-refractivity contribution < 1.29 is 9.47 Å². The van der Waals surface area contributed by atoms with Gasteiger partial charge in [0, 0.05) is 17.0 Å². The first-order valence-corrected chi connectivity index (χ1v) is 7.74. The lowest BCUT2D eigenvalue weighted by molar-refractivity contribution is 0.0455. The first-order valence-electron chi connectivity index (χ1n) is 6.95. The highest BCUT2D eigenvalue weighted by atomic mass is 79.9. The summed E-state index contributed by atoms with van der Waals surface area (Å²) >= 11 is 3.50. The molecule has 0 bridgehead atoms. The first kappa shape index (κ1) is 13.3. The molecule has 2 aliphatic rings. The van der Waals surface area contributed by atoms with Crippen LogP contribution in [0.1, 0.15) is 25.3 Å². The first-order chi connectivity index (χ1) is 9.28. The second-order valence-electron chi connectivity index (χ2n) is 5.24. The molecular weight excluding hydrogens is 304 g/mol. The van der Waals surface area contributed by atoms with E-state index in [1.54, 1.807) is 0 Å². The summed E-state index contributed by atoms with van der Waals surface area (Å²) in [6.07, 6.45) is 2.48. The highest BCUT2D eigenvalue weighted by molar-refractivity contribution is 9.10. The van der Waals surface area contributed by atoms with Crippen molar-refractivity contribution >= 4 is 21.5 Å². The molecule has 2 atom stereocenters. The van der Waals surface area contributed by atoms with E-state index in [4.69, 9.17) is 9.47 Å². The largest absolute Gasteiger partial charge is 0.378 e. The third-order valence-corrected chi connectivity index (χ3v) is 4.56. The number of hydrogen-bond donors (Lipinski definition) is 0. The van der Waals surface area contributed by atoms with E-state index >= 15 is 0 Å². The van der Waals surface area contributed by atoms with E-state index in [9.17, 15) is 0 Å². The van der Waals surface area contributed by atoms with Crippen LogP contribution in [0.15, 0.2) is 34.3 Å². The van der Waals surface area contributed by atoms with Gasteiger partial charge in [0.15, 0.2) is 0 Å². The molecule has 0 aromatic heterocycles. The highest BCUT2D eigenvalue weighted by Gasteiger charge is 2.33. The Balaban J connectivity index is 1.93. The van der Waals surface area contributed by atoms with Crippen molar-refractivity contribution in [3.8, 4) is 0 Å². The summed E-state index contributed by atoms with van der Waals surface area (Å²) in [6, 6.07) is 8.60. The van der Waals surface area contributed by atoms with Gasteiger partial charge in [-0.05, 0) is 48.6 Å². The predicted octanol–water partition coefficient (Wildman–Crippen LogP) is 4.05. The minimum atomic E-state index is 0.346. The maximum absolute atomic E-state index is 5.87. The Labute approximate surface area is 122 Å². The van der Waals surface area contributed by atoms with Crippen molar-refractivity contribution in [3.63, 3.8) is 0 Å². The molecule has 3 rings (SSSR count). The summed E-state index contributed by atoms with van der Waals surface area (Å²) in [7, 11) is 0. The zero-order valence-corrected chi connectivity index (χ0v) is 12.8. The molecule has 1 heterocycles. The normalized spacial score (nSPS) is 26.6. The topological polar surface area (TPSA) is 18.5 Å². The van der Waals surface area contributed by atoms with E-state index in [-0.39, 0.29) is 0 Å². The minimum Gasteiger partial charge on any atom is -0.378 e. The molecule has 0 radical (unpaired) electrons. The molecule has 0 N–H and O–H groups in total. The van der Waals surface area contributed by atoms with Crippen LogP contribution >= 0.6 is 15.9 Å². The van der Waals surface area contributed by atoms with Gasteiger partial charge in [-0.3, -0.25) is 0 Å². The molecule has 0 saturated carbocycles. The predicted molar refractivity (Wildman–Crippen MR) is 80.0 cm³/mol. The number of hydrogen-bond acceptors (Lipinski definition) is 2. The highest BCUT2D eigenvalue weighted by Crippen LogP contribution is 2.40. The molecule has 2 unspecified atom stereocenters. The van der Waals surface area contributed by atoms with Crippen LogP contribution < -0.4 is 0 Å². The number of rotatable bonds is 3. The second kappa shape index (κ2) is 5.78. The Morgan fingerprint density at radius 2 is 2.11 bits per heavy atom. The van der Waals surface area contributed by atoms with Gasteiger partial charge in [-0.2, -0.15) is 0 Å². The Morgan fingerprint density at radius 3 is 2.84 bits per heavy atom. The molecular formula is C16H19BrO2. The van der Waals surface area contributed by atoms with Crippen LogP contribution in [0.3, 0.4) is 0 Å². The molecule has 0 spiro atoms. The molecule has 1 aliphatic heterocycles. The molecule has 19 heavy (non-hydrogen) atoms. The van der Waals surface area contributed by atoms with Gasteiger partial charge in [0.2, 0.25) is 0 Å². The third kappa shape index (κ3) is 2.78. The van der Waals surface area contributed by atoms with Crippen molar-refractivity contribution in [2.45, 2.75) is 25.9 Å². The summed E-state index contributed by atoms with van der Waals surface area (Å²) in [5.41, 5.74) is 4.26. The summed E-state index contributed by atoms with van der Waals surface area (Å²) in [5.74, 6) is 0.559. The Morgan fingerprint density at radius 1 is 1.32 bits per heavy atom. The van der Waals surface area contributed by atoms with Crippen LogP contribution in [0, 0.1) is 5.92 Å². The van der Waals surface area contributed by atoms with Gasteiger partial charge in [-0.1, -0.05) is 28.1 Å². The molecule has 2 nitrogen and oxygen atoms in total. The summed E-state index contributed by atoms with van der Waals surface area (Å²) in [5, 5.41) is 0. The molecule has 1 aliphatic carbocycles. The third-order valence-electron chi connectivity index (χ3n) is 4.03. The van der Waals surface area contributed by atoms with E-state index < -0.39 is 0 Å². The van der Waals surface area contributed by atoms with E-state index in [0.29, 0.717) is 12.0 Å². The Hall–Kier alpha value is -0.640. The fourth-order valence-electron chi connectivity index (χ4n) is 3.15. The lowest BCUT2D eigenvalue weighted by Gasteiger charge is -2.29. The van der Waals surface area contributed by atoms with Crippen LogP contribution in [0.2, 0.25) is 0 Å². The van der Waals surface area contributed by atoms with Crippen molar-refractivity contribution in [1.29, 1.82) is 0 Å². The van der Waals surface area contributed by atoms with E-state index in [2.05, 4.69) is 47.1 Å². The smallest absolute Gasteiger partial charge is 0.0686 e. The molecule has 102 valence electrons.